The molecule has 23 heavy (non-hydrogen) atoms. The Kier molecular flexibility index (Phi) is 5.40. The molecule has 0 atom stereocenters. The lowest BCUT2D eigenvalue weighted by Crippen LogP contribution is -2.15. The number of carbonyl (C=O) groups excluding carboxylic acids is 2. The number of ketones is 1. The lowest BCUT2D eigenvalue weighted by atomic mass is 9.96. The van der Waals surface area contributed by atoms with E-state index >= 15 is 0 Å². The Hall–Kier alpha value is -1.49. The van der Waals surface area contributed by atoms with Gasteiger partial charge >= 0.3 is 0 Å². The summed E-state index contributed by atoms with van der Waals surface area (Å²) in [4.78, 5) is 26.3. The largest absolute Gasteiger partial charge is 0.366 e. The minimum Gasteiger partial charge on any atom is -0.366 e. The van der Waals surface area contributed by atoms with Gasteiger partial charge in [-0.25, -0.2) is 0 Å². The summed E-state index contributed by atoms with van der Waals surface area (Å²) in [6.07, 6.45) is 0.742. The van der Waals surface area contributed by atoms with Crippen LogP contribution in [0.2, 0.25) is 15.2 Å². The highest BCUT2D eigenvalue weighted by Gasteiger charge is 2.19. The van der Waals surface area contributed by atoms with Gasteiger partial charge in [0.15, 0.2) is 5.78 Å². The number of H-pyrrole nitrogens is 1. The van der Waals surface area contributed by atoms with Gasteiger partial charge in [-0.2, -0.15) is 0 Å². The van der Waals surface area contributed by atoms with Gasteiger partial charge in [0.2, 0.25) is 5.91 Å². The van der Waals surface area contributed by atoms with Crippen molar-refractivity contribution in [2.75, 3.05) is 0 Å². The molecule has 1 heterocycles. The van der Waals surface area contributed by atoms with Crippen molar-refractivity contribution in [2.24, 2.45) is 5.73 Å². The Morgan fingerprint density at radius 1 is 1.09 bits per heavy atom. The predicted molar refractivity (Wildman–Crippen MR) is 92.9 cm³/mol. The molecule has 1 aromatic carbocycles. The zero-order valence-electron chi connectivity index (χ0n) is 12.6. The summed E-state index contributed by atoms with van der Waals surface area (Å²) < 4.78 is 0. The second-order valence-electron chi connectivity index (χ2n) is 5.33. The first-order valence-electron chi connectivity index (χ1n) is 6.88. The van der Waals surface area contributed by atoms with Crippen molar-refractivity contribution in [3.05, 3.63) is 55.3 Å². The fourth-order valence-corrected chi connectivity index (χ4v) is 3.21. The highest BCUT2D eigenvalue weighted by Crippen LogP contribution is 2.33. The highest BCUT2D eigenvalue weighted by molar-refractivity contribution is 6.49. The minimum absolute atomic E-state index is 0.137. The van der Waals surface area contributed by atoms with Crippen LogP contribution >= 0.6 is 34.8 Å². The molecule has 2 rings (SSSR count). The first-order chi connectivity index (χ1) is 10.7. The van der Waals surface area contributed by atoms with E-state index in [1.54, 1.807) is 0 Å². The van der Waals surface area contributed by atoms with E-state index in [1.165, 1.54) is 0 Å². The number of aromatic amines is 1. The minimum atomic E-state index is -0.454. The summed E-state index contributed by atoms with van der Waals surface area (Å²) in [7, 11) is 0. The van der Waals surface area contributed by atoms with Crippen LogP contribution < -0.4 is 5.73 Å². The number of rotatable bonds is 5. The number of aromatic nitrogens is 1. The van der Waals surface area contributed by atoms with Crippen LogP contribution in [0.25, 0.3) is 0 Å². The van der Waals surface area contributed by atoms with Crippen LogP contribution in [0.3, 0.4) is 0 Å². The molecule has 0 aliphatic heterocycles. The van der Waals surface area contributed by atoms with Crippen molar-refractivity contribution in [3.63, 3.8) is 0 Å². The zero-order chi connectivity index (χ0) is 17.3. The number of hydrogen-bond donors (Lipinski definition) is 2. The molecule has 0 unspecified atom stereocenters. The average molecular weight is 374 g/mol. The van der Waals surface area contributed by atoms with Crippen LogP contribution in [0.15, 0.2) is 12.1 Å². The number of amides is 1. The Morgan fingerprint density at radius 2 is 1.65 bits per heavy atom. The number of hydrogen-bond acceptors (Lipinski definition) is 2. The molecule has 0 spiro atoms. The quantitative estimate of drug-likeness (QED) is 0.757. The standard InChI is InChI=1S/C16H15Cl3N2O2/c1-7-5-9(6-8(2)11(7)16(20)23)3-4-10(22)14-12(17)13(18)15(19)21-14/h5-6,21H,3-4H2,1-2H3,(H2,20,23). The zero-order valence-corrected chi connectivity index (χ0v) is 14.9. The maximum Gasteiger partial charge on any atom is 0.249 e. The molecule has 2 aromatic rings. The van der Waals surface area contributed by atoms with Crippen LogP contribution in [0, 0.1) is 13.8 Å². The van der Waals surface area contributed by atoms with Gasteiger partial charge in [-0.1, -0.05) is 46.9 Å². The van der Waals surface area contributed by atoms with Gasteiger partial charge in [-0.15, -0.1) is 0 Å². The van der Waals surface area contributed by atoms with Gasteiger partial charge in [0.1, 0.15) is 10.8 Å². The number of nitrogens with two attached hydrogens (primary N) is 1. The van der Waals surface area contributed by atoms with Gasteiger partial charge in [-0.05, 0) is 37.0 Å². The van der Waals surface area contributed by atoms with E-state index in [2.05, 4.69) is 4.98 Å². The molecule has 1 amide bonds. The molecule has 0 saturated heterocycles. The molecular formula is C16H15Cl3N2O2. The molecule has 0 bridgehead atoms. The maximum absolute atomic E-state index is 12.2. The lowest BCUT2D eigenvalue weighted by molar-refractivity contribution is 0.0975. The maximum atomic E-state index is 12.2. The Balaban J connectivity index is 2.16. The van der Waals surface area contributed by atoms with E-state index in [4.69, 9.17) is 40.5 Å². The van der Waals surface area contributed by atoms with Crippen molar-refractivity contribution in [2.45, 2.75) is 26.7 Å². The first kappa shape index (κ1) is 17.9. The normalized spacial score (nSPS) is 10.8. The molecular weight excluding hydrogens is 359 g/mol. The summed E-state index contributed by atoms with van der Waals surface area (Å²) in [6, 6.07) is 3.72. The second kappa shape index (κ2) is 6.95. The van der Waals surface area contributed by atoms with Crippen molar-refractivity contribution in [1.29, 1.82) is 0 Å². The van der Waals surface area contributed by atoms with Gasteiger partial charge in [-0.3, -0.25) is 9.59 Å². The van der Waals surface area contributed by atoms with Crippen molar-refractivity contribution < 1.29 is 9.59 Å². The summed E-state index contributed by atoms with van der Waals surface area (Å²) in [5, 5.41) is 0.435. The molecule has 3 N–H and O–H groups in total. The van der Waals surface area contributed by atoms with Crippen molar-refractivity contribution in [1.82, 2.24) is 4.98 Å². The van der Waals surface area contributed by atoms with Crippen molar-refractivity contribution >= 4 is 46.5 Å². The number of benzene rings is 1. The predicted octanol–water partition coefficient (Wildman–Crippen LogP) is 4.51. The number of Topliss-reactive ketones (excluding diaryl/α,β-unsaturated/α-hetero) is 1. The van der Waals surface area contributed by atoms with Crippen LogP contribution in [-0.4, -0.2) is 16.7 Å². The van der Waals surface area contributed by atoms with E-state index in [0.717, 1.165) is 16.7 Å². The van der Waals surface area contributed by atoms with Crippen LogP contribution in [-0.2, 0) is 6.42 Å². The van der Waals surface area contributed by atoms with E-state index < -0.39 is 5.91 Å². The van der Waals surface area contributed by atoms with E-state index in [0.29, 0.717) is 12.0 Å². The van der Waals surface area contributed by atoms with Crippen LogP contribution in [0.1, 0.15) is 44.0 Å². The lowest BCUT2D eigenvalue weighted by Gasteiger charge is -2.09. The fourth-order valence-electron chi connectivity index (χ4n) is 2.59. The molecule has 0 fully saturated rings. The SMILES string of the molecule is Cc1cc(CCC(=O)c2[nH]c(Cl)c(Cl)c2Cl)cc(C)c1C(N)=O. The Morgan fingerprint density at radius 3 is 2.09 bits per heavy atom. The third-order valence-corrected chi connectivity index (χ3v) is 4.83. The number of halogens is 3. The van der Waals surface area contributed by atoms with Gasteiger partial charge in [0, 0.05) is 12.0 Å². The number of nitrogens with one attached hydrogen (secondary N) is 1. The first-order valence-corrected chi connectivity index (χ1v) is 8.01. The molecule has 1 aromatic heterocycles. The van der Waals surface area contributed by atoms with E-state index in [9.17, 15) is 9.59 Å². The van der Waals surface area contributed by atoms with Gasteiger partial charge in [0.05, 0.1) is 10.0 Å². The monoisotopic (exact) mass is 372 g/mol. The molecule has 0 aliphatic rings. The topological polar surface area (TPSA) is 75.9 Å². The smallest absolute Gasteiger partial charge is 0.249 e. The molecule has 0 radical (unpaired) electrons. The van der Waals surface area contributed by atoms with E-state index in [-0.39, 0.29) is 33.1 Å². The number of carbonyl (C=O) groups is 2. The second-order valence-corrected chi connectivity index (χ2v) is 6.47. The Labute approximate surface area is 148 Å². The molecule has 7 heteroatoms. The molecule has 122 valence electrons. The average Bonchev–Trinajstić information content (AvgIpc) is 2.71. The van der Waals surface area contributed by atoms with Gasteiger partial charge in [0.25, 0.3) is 0 Å². The third-order valence-electron chi connectivity index (χ3n) is 3.60. The fraction of sp³-hybridized carbons (Fsp3) is 0.250. The van der Waals surface area contributed by atoms with Crippen LogP contribution in [0.4, 0.5) is 0 Å². The van der Waals surface area contributed by atoms with Crippen LogP contribution in [0.5, 0.6) is 0 Å². The molecule has 4 nitrogen and oxygen atoms in total. The van der Waals surface area contributed by atoms with Crippen molar-refractivity contribution in [3.8, 4) is 0 Å². The summed E-state index contributed by atoms with van der Waals surface area (Å²) >= 11 is 17.7. The number of primary amides is 1. The molecule has 0 saturated carbocycles. The van der Waals surface area contributed by atoms with Gasteiger partial charge < -0.3 is 10.7 Å². The summed E-state index contributed by atoms with van der Waals surface area (Å²) in [6.45, 7) is 3.64. The third kappa shape index (κ3) is 3.71. The van der Waals surface area contributed by atoms with E-state index in [1.807, 2.05) is 26.0 Å². The Bertz CT molecular complexity index is 774. The summed E-state index contributed by atoms with van der Waals surface area (Å²) in [5.41, 5.74) is 8.62. The molecule has 0 aliphatic carbocycles. The highest BCUT2D eigenvalue weighted by atomic mass is 35.5. The summed E-state index contributed by atoms with van der Waals surface area (Å²) in [5.74, 6) is -0.636. The number of aryl methyl sites for hydroxylation is 3.